The van der Waals surface area contributed by atoms with Gasteiger partial charge in [-0.25, -0.2) is 0 Å². The van der Waals surface area contributed by atoms with Crippen molar-refractivity contribution in [2.24, 2.45) is 0 Å². The number of para-hydroxylation sites is 1. The molecule has 6 nitrogen and oxygen atoms in total. The van der Waals surface area contributed by atoms with Crippen molar-refractivity contribution in [2.75, 3.05) is 6.54 Å². The van der Waals surface area contributed by atoms with Crippen LogP contribution in [0, 0.1) is 11.3 Å². The van der Waals surface area contributed by atoms with Crippen molar-refractivity contribution in [1.29, 1.82) is 5.26 Å². The van der Waals surface area contributed by atoms with E-state index in [4.69, 9.17) is 14.7 Å². The second kappa shape index (κ2) is 9.72. The van der Waals surface area contributed by atoms with Crippen LogP contribution in [0.2, 0.25) is 0 Å². The summed E-state index contributed by atoms with van der Waals surface area (Å²) < 4.78 is 10.8. The van der Waals surface area contributed by atoms with Gasteiger partial charge >= 0.3 is 5.97 Å². The summed E-state index contributed by atoms with van der Waals surface area (Å²) >= 11 is 0. The number of esters is 1. The molecule has 0 fully saturated rings. The number of hydrogen-bond acceptors (Lipinski definition) is 5. The minimum atomic E-state index is -0.588. The first-order valence-electron chi connectivity index (χ1n) is 8.90. The molecule has 0 heterocycles. The zero-order chi connectivity index (χ0) is 20.5. The molecule has 0 aliphatic heterocycles. The molecule has 1 N–H and O–H groups in total. The lowest BCUT2D eigenvalue weighted by molar-refractivity contribution is -0.143. The Morgan fingerprint density at radius 2 is 1.52 bits per heavy atom. The number of nitrogens with one attached hydrogen (secondary N) is 1. The lowest BCUT2D eigenvalue weighted by atomic mass is 10.1. The van der Waals surface area contributed by atoms with Crippen LogP contribution in [0.5, 0.6) is 11.5 Å². The lowest BCUT2D eigenvalue weighted by Crippen LogP contribution is -2.30. The summed E-state index contributed by atoms with van der Waals surface area (Å²) in [7, 11) is 0. The molecule has 0 spiro atoms. The number of nitriles is 1. The number of nitrogens with zero attached hydrogens (tertiary/aromatic N) is 1. The third kappa shape index (κ3) is 5.68. The predicted octanol–water partition coefficient (Wildman–Crippen LogP) is 3.82. The molecule has 3 rings (SSSR count). The van der Waals surface area contributed by atoms with Gasteiger partial charge in [-0.1, -0.05) is 36.4 Å². The fourth-order valence-corrected chi connectivity index (χ4v) is 2.52. The van der Waals surface area contributed by atoms with Gasteiger partial charge in [0.25, 0.3) is 5.91 Å². The Morgan fingerprint density at radius 1 is 0.862 bits per heavy atom. The number of amides is 1. The number of carbonyl (C=O) groups excluding carboxylic acids is 2. The molecule has 0 saturated carbocycles. The first-order chi connectivity index (χ1) is 14.2. The molecule has 0 aliphatic rings. The highest BCUT2D eigenvalue weighted by Crippen LogP contribution is 2.21. The largest absolute Gasteiger partial charge is 0.459 e. The highest BCUT2D eigenvalue weighted by molar-refractivity contribution is 5.96. The molecular weight excluding hydrogens is 368 g/mol. The van der Waals surface area contributed by atoms with Crippen molar-refractivity contribution in [3.63, 3.8) is 0 Å². The van der Waals surface area contributed by atoms with E-state index in [9.17, 15) is 9.59 Å². The minimum absolute atomic E-state index is 0.0239. The van der Waals surface area contributed by atoms with Gasteiger partial charge in [-0.05, 0) is 42.5 Å². The van der Waals surface area contributed by atoms with E-state index in [0.717, 1.165) is 0 Å². The average molecular weight is 386 g/mol. The van der Waals surface area contributed by atoms with Crippen molar-refractivity contribution >= 4 is 11.9 Å². The SMILES string of the molecule is N#Cc1ccccc1COC(=O)CNC(=O)c1ccc(Oc2ccccc2)cc1. The van der Waals surface area contributed by atoms with Crippen LogP contribution in [0.3, 0.4) is 0 Å². The zero-order valence-electron chi connectivity index (χ0n) is 15.5. The zero-order valence-corrected chi connectivity index (χ0v) is 15.5. The topological polar surface area (TPSA) is 88.4 Å². The Labute approximate surface area is 168 Å². The second-order valence-electron chi connectivity index (χ2n) is 6.05. The normalized spacial score (nSPS) is 9.90. The molecule has 0 aromatic heterocycles. The Hall–Kier alpha value is -4.11. The maximum atomic E-state index is 12.2. The van der Waals surface area contributed by atoms with Crippen molar-refractivity contribution < 1.29 is 19.1 Å². The lowest BCUT2D eigenvalue weighted by Gasteiger charge is -2.09. The number of hydrogen-bond donors (Lipinski definition) is 1. The van der Waals surface area contributed by atoms with Crippen LogP contribution in [-0.2, 0) is 16.1 Å². The van der Waals surface area contributed by atoms with E-state index in [0.29, 0.717) is 28.2 Å². The van der Waals surface area contributed by atoms with Crippen LogP contribution in [0.4, 0.5) is 0 Å². The molecule has 0 aliphatic carbocycles. The van der Waals surface area contributed by atoms with E-state index in [2.05, 4.69) is 5.32 Å². The molecular formula is C23H18N2O4. The summed E-state index contributed by atoms with van der Waals surface area (Å²) in [6.45, 7) is -0.292. The van der Waals surface area contributed by atoms with Crippen molar-refractivity contribution in [3.8, 4) is 17.6 Å². The summed E-state index contributed by atoms with van der Waals surface area (Å²) in [6, 6.07) is 24.8. The molecule has 0 radical (unpaired) electrons. The van der Waals surface area contributed by atoms with Crippen LogP contribution in [0.25, 0.3) is 0 Å². The fourth-order valence-electron chi connectivity index (χ4n) is 2.52. The van der Waals surface area contributed by atoms with Crippen molar-refractivity contribution in [2.45, 2.75) is 6.61 Å². The highest BCUT2D eigenvalue weighted by Gasteiger charge is 2.10. The van der Waals surface area contributed by atoms with Gasteiger partial charge in [-0.15, -0.1) is 0 Å². The van der Waals surface area contributed by atoms with E-state index in [1.54, 1.807) is 48.5 Å². The smallest absolute Gasteiger partial charge is 0.325 e. The fraction of sp³-hybridized carbons (Fsp3) is 0.0870. The third-order valence-electron chi connectivity index (χ3n) is 4.02. The van der Waals surface area contributed by atoms with Crippen molar-refractivity contribution in [1.82, 2.24) is 5.32 Å². The first-order valence-corrected chi connectivity index (χ1v) is 8.90. The first kappa shape index (κ1) is 19.6. The summed E-state index contributed by atoms with van der Waals surface area (Å²) in [5.41, 5.74) is 1.46. The predicted molar refractivity (Wildman–Crippen MR) is 106 cm³/mol. The van der Waals surface area contributed by atoms with Gasteiger partial charge in [0.15, 0.2) is 0 Å². The van der Waals surface area contributed by atoms with Gasteiger partial charge in [0.05, 0.1) is 11.6 Å². The Balaban J connectivity index is 1.47. The Kier molecular flexibility index (Phi) is 6.58. The van der Waals surface area contributed by atoms with Crippen LogP contribution >= 0.6 is 0 Å². The number of rotatable bonds is 7. The van der Waals surface area contributed by atoms with Crippen LogP contribution in [0.15, 0.2) is 78.9 Å². The third-order valence-corrected chi connectivity index (χ3v) is 4.02. The molecule has 144 valence electrons. The second-order valence-corrected chi connectivity index (χ2v) is 6.05. The molecule has 0 bridgehead atoms. The highest BCUT2D eigenvalue weighted by atomic mass is 16.5. The molecule has 6 heteroatoms. The molecule has 0 atom stereocenters. The molecule has 0 unspecified atom stereocenters. The molecule has 29 heavy (non-hydrogen) atoms. The van der Waals surface area contributed by atoms with Gasteiger partial charge in [0.1, 0.15) is 24.7 Å². The Morgan fingerprint density at radius 3 is 2.24 bits per heavy atom. The van der Waals surface area contributed by atoms with Crippen LogP contribution in [-0.4, -0.2) is 18.4 Å². The summed E-state index contributed by atoms with van der Waals surface area (Å²) in [6.07, 6.45) is 0. The van der Waals surface area contributed by atoms with Crippen molar-refractivity contribution in [3.05, 3.63) is 95.6 Å². The van der Waals surface area contributed by atoms with E-state index < -0.39 is 11.9 Å². The van der Waals surface area contributed by atoms with Gasteiger partial charge in [0.2, 0.25) is 0 Å². The summed E-state index contributed by atoms with van der Waals surface area (Å²) in [4.78, 5) is 24.1. The van der Waals surface area contributed by atoms with Crippen LogP contribution in [0.1, 0.15) is 21.5 Å². The van der Waals surface area contributed by atoms with Crippen LogP contribution < -0.4 is 10.1 Å². The molecule has 1 amide bonds. The minimum Gasteiger partial charge on any atom is -0.459 e. The van der Waals surface area contributed by atoms with Gasteiger partial charge < -0.3 is 14.8 Å². The molecule has 3 aromatic carbocycles. The van der Waals surface area contributed by atoms with E-state index >= 15 is 0 Å². The van der Waals surface area contributed by atoms with E-state index in [-0.39, 0.29) is 13.2 Å². The van der Waals surface area contributed by atoms with Gasteiger partial charge in [-0.3, -0.25) is 9.59 Å². The summed E-state index contributed by atoms with van der Waals surface area (Å²) in [5, 5.41) is 11.5. The number of benzene rings is 3. The Bertz CT molecular complexity index is 1020. The standard InChI is InChI=1S/C23H18N2O4/c24-14-18-6-4-5-7-19(18)16-28-22(26)15-25-23(27)17-10-12-21(13-11-17)29-20-8-2-1-3-9-20/h1-13H,15-16H2,(H,25,27). The quantitative estimate of drug-likeness (QED) is 0.624. The van der Waals surface area contributed by atoms with E-state index in [1.165, 1.54) is 0 Å². The molecule has 3 aromatic rings. The van der Waals surface area contributed by atoms with Gasteiger partial charge in [-0.2, -0.15) is 5.26 Å². The van der Waals surface area contributed by atoms with Gasteiger partial charge in [0, 0.05) is 11.1 Å². The number of ether oxygens (including phenoxy) is 2. The maximum Gasteiger partial charge on any atom is 0.325 e. The van der Waals surface area contributed by atoms with E-state index in [1.807, 2.05) is 36.4 Å². The average Bonchev–Trinajstić information content (AvgIpc) is 2.77. The maximum absolute atomic E-state index is 12.2. The summed E-state index contributed by atoms with van der Waals surface area (Å²) in [5.74, 6) is 0.314. The monoisotopic (exact) mass is 386 g/mol. The molecule has 0 saturated heterocycles. The number of carbonyl (C=O) groups is 2.